The van der Waals surface area contributed by atoms with Gasteiger partial charge < -0.3 is 32.0 Å². The number of para-hydroxylation sites is 2. The molecule has 0 unspecified atom stereocenters. The number of nitrogens with zero attached hydrogens (tertiary/aromatic N) is 2. The molecule has 8 heteroatoms. The molecule has 0 aliphatic carbocycles. The van der Waals surface area contributed by atoms with Crippen LogP contribution in [-0.4, -0.2) is 21.6 Å². The second-order valence-corrected chi connectivity index (χ2v) is 6.59. The van der Waals surface area contributed by atoms with Gasteiger partial charge in [-0.2, -0.15) is 0 Å². The van der Waals surface area contributed by atoms with Crippen molar-refractivity contribution in [2.75, 3.05) is 6.61 Å². The van der Waals surface area contributed by atoms with Gasteiger partial charge in [0.05, 0.1) is 17.6 Å². The number of aryl methyl sites for hydroxylation is 1. The van der Waals surface area contributed by atoms with E-state index in [9.17, 15) is 4.79 Å². The summed E-state index contributed by atoms with van der Waals surface area (Å²) in [5, 5.41) is 8.36. The predicted octanol–water partition coefficient (Wildman–Crippen LogP) is -0.357. The quantitative estimate of drug-likeness (QED) is 0.494. The van der Waals surface area contributed by atoms with E-state index in [0.717, 1.165) is 27.7 Å². The Bertz CT molecular complexity index is 950. The Kier molecular flexibility index (Phi) is 6.88. The van der Waals surface area contributed by atoms with Crippen LogP contribution in [0.2, 0.25) is 0 Å². The van der Waals surface area contributed by atoms with Gasteiger partial charge >= 0.3 is 0 Å². The number of primary amides is 1. The van der Waals surface area contributed by atoms with Crippen molar-refractivity contribution in [1.82, 2.24) is 9.13 Å². The molecule has 0 radical (unpaired) electrons. The maximum absolute atomic E-state index is 11.3. The lowest BCUT2D eigenvalue weighted by molar-refractivity contribution is -0.118. The van der Waals surface area contributed by atoms with Crippen LogP contribution in [0, 0.1) is 5.41 Å². The summed E-state index contributed by atoms with van der Waals surface area (Å²) in [5.41, 5.74) is 7.33. The maximum atomic E-state index is 11.3. The number of hydrogen-bond donors (Lipinski definition) is 2. The largest absolute Gasteiger partial charge is 1.00 e. The molecule has 0 saturated carbocycles. The standard InChI is InChI=1S/C18H19BrN4O2.ClH/c19-13-6-8-14(9-7-13)25-11-3-10-22-15-4-1-2-5-16(15)23(18(22)21)12-17(20)24;/h1-2,4-9,21H,3,10-12H2,(H2,20,24);1H/p-1. The van der Waals surface area contributed by atoms with Crippen molar-refractivity contribution in [3.8, 4) is 5.75 Å². The van der Waals surface area contributed by atoms with Crippen molar-refractivity contribution in [1.29, 1.82) is 5.41 Å². The predicted molar refractivity (Wildman–Crippen MR) is 99.2 cm³/mol. The summed E-state index contributed by atoms with van der Waals surface area (Å²) in [7, 11) is 0. The third-order valence-electron chi connectivity index (χ3n) is 3.90. The van der Waals surface area contributed by atoms with Crippen molar-refractivity contribution in [2.24, 2.45) is 5.73 Å². The monoisotopic (exact) mass is 437 g/mol. The first-order chi connectivity index (χ1) is 12.1. The van der Waals surface area contributed by atoms with Gasteiger partial charge in [-0.15, -0.1) is 0 Å². The van der Waals surface area contributed by atoms with Gasteiger partial charge in [-0.1, -0.05) is 28.1 Å². The Morgan fingerprint density at radius 3 is 2.31 bits per heavy atom. The SMILES string of the molecule is N=c1n(CCCOc2ccc(Br)cc2)c2ccccc2n1CC(N)=O.[Cl-]. The third-order valence-corrected chi connectivity index (χ3v) is 4.43. The highest BCUT2D eigenvalue weighted by Crippen LogP contribution is 2.17. The van der Waals surface area contributed by atoms with Gasteiger partial charge in [-0.05, 0) is 42.8 Å². The number of carbonyl (C=O) groups excluding carboxylic acids is 1. The molecule has 0 atom stereocenters. The number of amides is 1. The lowest BCUT2D eigenvalue weighted by atomic mass is 10.3. The van der Waals surface area contributed by atoms with Crippen LogP contribution in [0.4, 0.5) is 0 Å². The van der Waals surface area contributed by atoms with Crippen LogP contribution in [0.3, 0.4) is 0 Å². The smallest absolute Gasteiger partial charge is 0.237 e. The summed E-state index contributed by atoms with van der Waals surface area (Å²) in [6.45, 7) is 1.17. The second kappa shape index (κ2) is 8.91. The van der Waals surface area contributed by atoms with E-state index in [0.29, 0.717) is 13.2 Å². The zero-order valence-electron chi connectivity index (χ0n) is 14.0. The summed E-state index contributed by atoms with van der Waals surface area (Å²) in [6, 6.07) is 15.3. The molecule has 0 aliphatic rings. The Labute approximate surface area is 165 Å². The van der Waals surface area contributed by atoms with Crippen LogP contribution >= 0.6 is 15.9 Å². The Balaban J connectivity index is 0.00000243. The first kappa shape index (κ1) is 20.1. The van der Waals surface area contributed by atoms with Crippen molar-refractivity contribution >= 4 is 32.9 Å². The number of nitrogens with two attached hydrogens (primary N) is 1. The number of nitrogens with one attached hydrogen (secondary N) is 1. The van der Waals surface area contributed by atoms with Crippen molar-refractivity contribution < 1.29 is 21.9 Å². The van der Waals surface area contributed by atoms with Crippen LogP contribution in [0.25, 0.3) is 11.0 Å². The molecule has 0 aliphatic heterocycles. The van der Waals surface area contributed by atoms with Crippen LogP contribution in [0.5, 0.6) is 5.75 Å². The molecule has 3 aromatic rings. The minimum Gasteiger partial charge on any atom is -1.00 e. The van der Waals surface area contributed by atoms with Gasteiger partial charge in [-0.25, -0.2) is 0 Å². The van der Waals surface area contributed by atoms with E-state index < -0.39 is 5.91 Å². The molecule has 6 nitrogen and oxygen atoms in total. The van der Waals surface area contributed by atoms with E-state index in [1.807, 2.05) is 53.1 Å². The highest BCUT2D eigenvalue weighted by Gasteiger charge is 2.11. The fourth-order valence-electron chi connectivity index (χ4n) is 2.78. The van der Waals surface area contributed by atoms with E-state index >= 15 is 0 Å². The summed E-state index contributed by atoms with van der Waals surface area (Å²) in [5.74, 6) is 0.357. The van der Waals surface area contributed by atoms with Crippen molar-refractivity contribution in [3.05, 3.63) is 58.6 Å². The molecule has 0 saturated heterocycles. The molecule has 26 heavy (non-hydrogen) atoms. The van der Waals surface area contributed by atoms with Crippen LogP contribution in [0.15, 0.2) is 53.0 Å². The van der Waals surface area contributed by atoms with E-state index in [1.165, 1.54) is 0 Å². The van der Waals surface area contributed by atoms with E-state index in [4.69, 9.17) is 15.9 Å². The van der Waals surface area contributed by atoms with E-state index in [1.54, 1.807) is 4.57 Å². The van der Waals surface area contributed by atoms with Gasteiger partial charge in [0, 0.05) is 11.0 Å². The molecule has 3 rings (SSSR count). The average molecular weight is 439 g/mol. The highest BCUT2D eigenvalue weighted by atomic mass is 79.9. The molecule has 0 fully saturated rings. The van der Waals surface area contributed by atoms with Crippen LogP contribution in [-0.2, 0) is 17.9 Å². The zero-order chi connectivity index (χ0) is 17.8. The number of ether oxygens (including phenoxy) is 1. The normalized spacial score (nSPS) is 10.5. The van der Waals surface area contributed by atoms with Crippen LogP contribution < -0.4 is 28.5 Å². The molecule has 1 amide bonds. The average Bonchev–Trinajstić information content (AvgIpc) is 2.85. The Morgan fingerprint density at radius 1 is 1.08 bits per heavy atom. The van der Waals surface area contributed by atoms with Gasteiger partial charge in [0.1, 0.15) is 12.3 Å². The zero-order valence-corrected chi connectivity index (χ0v) is 16.3. The molecule has 138 valence electrons. The number of aromatic nitrogens is 2. The first-order valence-electron chi connectivity index (χ1n) is 7.95. The number of imidazole rings is 1. The van der Waals surface area contributed by atoms with Gasteiger partial charge in [0.25, 0.3) is 0 Å². The minimum absolute atomic E-state index is 0. The fourth-order valence-corrected chi connectivity index (χ4v) is 3.04. The van der Waals surface area contributed by atoms with Crippen molar-refractivity contribution in [3.63, 3.8) is 0 Å². The molecular weight excluding hydrogens is 420 g/mol. The molecule has 0 spiro atoms. The highest BCUT2D eigenvalue weighted by molar-refractivity contribution is 9.10. The topological polar surface area (TPSA) is 86.0 Å². The Morgan fingerprint density at radius 2 is 1.69 bits per heavy atom. The fraction of sp³-hybridized carbons (Fsp3) is 0.222. The summed E-state index contributed by atoms with van der Waals surface area (Å²) >= 11 is 3.39. The van der Waals surface area contributed by atoms with Gasteiger partial charge in [-0.3, -0.25) is 10.2 Å². The van der Waals surface area contributed by atoms with E-state index in [2.05, 4.69) is 15.9 Å². The Hall–Kier alpha value is -2.25. The molecular formula is C18H19BrClN4O2-. The molecule has 1 aromatic heterocycles. The lowest BCUT2D eigenvalue weighted by Crippen LogP contribution is -3.00. The number of rotatable bonds is 7. The van der Waals surface area contributed by atoms with Crippen molar-refractivity contribution in [2.45, 2.75) is 19.5 Å². The minimum atomic E-state index is -0.458. The number of fused-ring (bicyclic) bond motifs is 1. The van der Waals surface area contributed by atoms with Gasteiger partial charge in [0.2, 0.25) is 11.5 Å². The first-order valence-corrected chi connectivity index (χ1v) is 8.75. The second-order valence-electron chi connectivity index (χ2n) is 5.67. The third kappa shape index (κ3) is 4.47. The molecule has 0 bridgehead atoms. The summed E-state index contributed by atoms with van der Waals surface area (Å²) < 4.78 is 10.3. The van der Waals surface area contributed by atoms with Gasteiger partial charge in [0.15, 0.2) is 0 Å². The maximum Gasteiger partial charge on any atom is 0.237 e. The molecule has 3 N–H and O–H groups in total. The number of hydrogen-bond acceptors (Lipinski definition) is 3. The molecule has 2 aromatic carbocycles. The van der Waals surface area contributed by atoms with E-state index in [-0.39, 0.29) is 24.6 Å². The molecule has 1 heterocycles. The number of halogens is 2. The van der Waals surface area contributed by atoms with Crippen LogP contribution in [0.1, 0.15) is 6.42 Å². The lowest BCUT2D eigenvalue weighted by Gasteiger charge is -2.07. The number of carbonyl (C=O) groups is 1. The summed E-state index contributed by atoms with van der Waals surface area (Å²) in [4.78, 5) is 11.3. The number of benzene rings is 2. The summed E-state index contributed by atoms with van der Waals surface area (Å²) in [6.07, 6.45) is 0.747.